The van der Waals surface area contributed by atoms with E-state index in [1.807, 2.05) is 12.1 Å². The smallest absolute Gasteiger partial charge is 0.334 e. The van der Waals surface area contributed by atoms with Crippen molar-refractivity contribution in [1.82, 2.24) is 0 Å². The maximum Gasteiger partial charge on any atom is 0.334 e. The largest absolute Gasteiger partial charge is 0.493 e. The summed E-state index contributed by atoms with van der Waals surface area (Å²) in [4.78, 5) is 23.8. The number of hydrogen-bond donors (Lipinski definition) is 1. The highest BCUT2D eigenvalue weighted by Crippen LogP contribution is 2.35. The Morgan fingerprint density at radius 2 is 1.52 bits per heavy atom. The molecule has 0 aliphatic heterocycles. The van der Waals surface area contributed by atoms with Gasteiger partial charge < -0.3 is 19.3 Å². The third-order valence-electron chi connectivity index (χ3n) is 3.87. The number of ether oxygens (including phenoxy) is 3. The fraction of sp³-hybridized carbons (Fsp3) is 0.200. The Bertz CT molecular complexity index is 871. The van der Waals surface area contributed by atoms with Gasteiger partial charge in [-0.3, -0.25) is 4.79 Å². The van der Waals surface area contributed by atoms with Gasteiger partial charge >= 0.3 is 11.9 Å². The Kier molecular flexibility index (Phi) is 7.01. The van der Waals surface area contributed by atoms with E-state index in [0.717, 1.165) is 4.47 Å². The molecular formula is C20H19BrO6. The molecular weight excluding hydrogens is 416 g/mol. The molecule has 7 heteroatoms. The lowest BCUT2D eigenvalue weighted by Crippen LogP contribution is -2.12. The number of methoxy groups -OCH3 is 3. The fourth-order valence-electron chi connectivity index (χ4n) is 2.66. The van der Waals surface area contributed by atoms with Gasteiger partial charge in [0.1, 0.15) is 0 Å². The predicted molar refractivity (Wildman–Crippen MR) is 104 cm³/mol. The van der Waals surface area contributed by atoms with Crippen molar-refractivity contribution in [1.29, 1.82) is 0 Å². The molecule has 142 valence electrons. The molecule has 0 saturated carbocycles. The van der Waals surface area contributed by atoms with Crippen molar-refractivity contribution in [2.45, 2.75) is 6.42 Å². The Morgan fingerprint density at radius 1 is 0.926 bits per heavy atom. The highest BCUT2D eigenvalue weighted by atomic mass is 79.9. The number of carbonyl (C=O) groups excluding carboxylic acids is 1. The van der Waals surface area contributed by atoms with Crippen molar-refractivity contribution in [3.63, 3.8) is 0 Å². The number of esters is 1. The van der Waals surface area contributed by atoms with Crippen LogP contribution < -0.4 is 9.47 Å². The molecule has 2 rings (SSSR count). The lowest BCUT2D eigenvalue weighted by Gasteiger charge is -2.16. The quantitative estimate of drug-likeness (QED) is 0.525. The number of halogens is 1. The topological polar surface area (TPSA) is 82.1 Å². The van der Waals surface area contributed by atoms with Gasteiger partial charge in [-0.25, -0.2) is 4.79 Å². The van der Waals surface area contributed by atoms with E-state index in [4.69, 9.17) is 14.2 Å². The monoisotopic (exact) mass is 434 g/mol. The second-order valence-corrected chi connectivity index (χ2v) is 6.41. The third-order valence-corrected chi connectivity index (χ3v) is 4.40. The van der Waals surface area contributed by atoms with E-state index in [-0.39, 0.29) is 5.57 Å². The summed E-state index contributed by atoms with van der Waals surface area (Å²) in [6, 6.07) is 12.3. The molecule has 0 radical (unpaired) electrons. The first-order valence-electron chi connectivity index (χ1n) is 7.92. The van der Waals surface area contributed by atoms with Crippen LogP contribution in [-0.2, 0) is 14.3 Å². The summed E-state index contributed by atoms with van der Waals surface area (Å²) < 4.78 is 16.3. The van der Waals surface area contributed by atoms with Crippen molar-refractivity contribution in [2.24, 2.45) is 0 Å². The number of carboxylic acids is 1. The van der Waals surface area contributed by atoms with Crippen LogP contribution in [0.3, 0.4) is 0 Å². The van der Waals surface area contributed by atoms with Crippen LogP contribution >= 0.6 is 15.9 Å². The van der Waals surface area contributed by atoms with E-state index in [1.165, 1.54) is 21.3 Å². The van der Waals surface area contributed by atoms with Crippen molar-refractivity contribution in [3.8, 4) is 11.5 Å². The van der Waals surface area contributed by atoms with Crippen LogP contribution in [0.1, 0.15) is 17.5 Å². The lowest BCUT2D eigenvalue weighted by atomic mass is 9.91. The van der Waals surface area contributed by atoms with Crippen LogP contribution in [-0.4, -0.2) is 38.4 Å². The SMILES string of the molecule is COC(=O)C(CC(=O)O)=C(c1ccc(Br)cc1)c1ccc(OC)c(OC)c1. The minimum absolute atomic E-state index is 0.0412. The van der Waals surface area contributed by atoms with Gasteiger partial charge in [0, 0.05) is 10.0 Å². The minimum atomic E-state index is -1.13. The summed E-state index contributed by atoms with van der Waals surface area (Å²) in [5.41, 5.74) is 1.78. The number of benzene rings is 2. The summed E-state index contributed by atoms with van der Waals surface area (Å²) in [5.74, 6) is -0.853. The van der Waals surface area contributed by atoms with Crippen molar-refractivity contribution in [3.05, 3.63) is 63.6 Å². The summed E-state index contributed by atoms with van der Waals surface area (Å²) in [7, 11) is 4.24. The normalized spacial score (nSPS) is 11.4. The Labute approximate surface area is 165 Å². The highest BCUT2D eigenvalue weighted by molar-refractivity contribution is 9.10. The zero-order chi connectivity index (χ0) is 20.0. The molecule has 0 atom stereocenters. The Hall–Kier alpha value is -2.80. The molecule has 0 saturated heterocycles. The fourth-order valence-corrected chi connectivity index (χ4v) is 2.92. The number of aliphatic carboxylic acids is 1. The van der Waals surface area contributed by atoms with Gasteiger partial charge in [0.25, 0.3) is 0 Å². The molecule has 0 amide bonds. The zero-order valence-corrected chi connectivity index (χ0v) is 16.7. The molecule has 0 fully saturated rings. The Morgan fingerprint density at radius 3 is 2.04 bits per heavy atom. The second-order valence-electron chi connectivity index (χ2n) is 5.49. The van der Waals surface area contributed by atoms with E-state index in [9.17, 15) is 14.7 Å². The van der Waals surface area contributed by atoms with E-state index in [2.05, 4.69) is 15.9 Å². The number of hydrogen-bond acceptors (Lipinski definition) is 5. The summed E-state index contributed by atoms with van der Waals surface area (Å²) in [6.45, 7) is 0. The molecule has 0 bridgehead atoms. The van der Waals surface area contributed by atoms with Gasteiger partial charge in [-0.05, 0) is 35.4 Å². The van der Waals surface area contributed by atoms with Crippen molar-refractivity contribution < 1.29 is 28.9 Å². The predicted octanol–water partition coefficient (Wildman–Crippen LogP) is 3.92. The first-order valence-corrected chi connectivity index (χ1v) is 8.72. The summed E-state index contributed by atoms with van der Waals surface area (Å²) in [6.07, 6.45) is -0.480. The molecule has 0 unspecified atom stereocenters. The Balaban J connectivity index is 2.79. The average molecular weight is 435 g/mol. The van der Waals surface area contributed by atoms with E-state index in [1.54, 1.807) is 30.3 Å². The first-order chi connectivity index (χ1) is 12.9. The molecule has 0 aromatic heterocycles. The van der Waals surface area contributed by atoms with Gasteiger partial charge in [-0.1, -0.05) is 34.1 Å². The lowest BCUT2D eigenvalue weighted by molar-refractivity contribution is -0.141. The third kappa shape index (κ3) is 4.89. The van der Waals surface area contributed by atoms with Crippen molar-refractivity contribution in [2.75, 3.05) is 21.3 Å². The summed E-state index contributed by atoms with van der Waals surface area (Å²) in [5, 5.41) is 9.30. The highest BCUT2D eigenvalue weighted by Gasteiger charge is 2.22. The van der Waals surface area contributed by atoms with Gasteiger partial charge in [-0.15, -0.1) is 0 Å². The second kappa shape index (κ2) is 9.23. The molecule has 6 nitrogen and oxygen atoms in total. The maximum absolute atomic E-state index is 12.4. The average Bonchev–Trinajstić information content (AvgIpc) is 2.67. The molecule has 1 N–H and O–H groups in total. The van der Waals surface area contributed by atoms with Crippen LogP contribution in [0.25, 0.3) is 5.57 Å². The molecule has 27 heavy (non-hydrogen) atoms. The molecule has 0 aliphatic carbocycles. The van der Waals surface area contributed by atoms with Crippen LogP contribution in [0.2, 0.25) is 0 Å². The standard InChI is InChI=1S/C20H19BrO6/c1-25-16-9-6-13(10-17(16)26-2)19(12-4-7-14(21)8-5-12)15(11-18(22)23)20(24)27-3/h4-10H,11H2,1-3H3,(H,22,23). The van der Waals surface area contributed by atoms with E-state index in [0.29, 0.717) is 28.2 Å². The molecule has 2 aromatic rings. The maximum atomic E-state index is 12.4. The van der Waals surface area contributed by atoms with Gasteiger partial charge in [0.15, 0.2) is 11.5 Å². The molecule has 0 aliphatic rings. The molecule has 0 spiro atoms. The van der Waals surface area contributed by atoms with Crippen molar-refractivity contribution >= 4 is 33.4 Å². The van der Waals surface area contributed by atoms with Gasteiger partial charge in [0.2, 0.25) is 0 Å². The first kappa shape index (κ1) is 20.5. The zero-order valence-electron chi connectivity index (χ0n) is 15.1. The van der Waals surface area contributed by atoms with Gasteiger partial charge in [0.05, 0.1) is 33.3 Å². The number of carboxylic acid groups (broad SMARTS) is 1. The van der Waals surface area contributed by atoms with Gasteiger partial charge in [-0.2, -0.15) is 0 Å². The molecule has 0 heterocycles. The number of rotatable bonds is 7. The summed E-state index contributed by atoms with van der Waals surface area (Å²) >= 11 is 3.37. The van der Waals surface area contributed by atoms with Crippen LogP contribution in [0.5, 0.6) is 11.5 Å². The van der Waals surface area contributed by atoms with Crippen LogP contribution in [0.15, 0.2) is 52.5 Å². The van der Waals surface area contributed by atoms with E-state index < -0.39 is 18.4 Å². The van der Waals surface area contributed by atoms with E-state index >= 15 is 0 Å². The minimum Gasteiger partial charge on any atom is -0.493 e. The molecule has 2 aromatic carbocycles. The van der Waals surface area contributed by atoms with Crippen LogP contribution in [0.4, 0.5) is 0 Å². The number of carbonyl (C=O) groups is 2. The van der Waals surface area contributed by atoms with Crippen LogP contribution in [0, 0.1) is 0 Å².